The van der Waals surface area contributed by atoms with E-state index < -0.39 is 61.6 Å². The fourth-order valence-corrected chi connectivity index (χ4v) is 6.56. The number of carboxylic acids is 1. The number of carboxylic acid groups (broad SMARTS) is 1. The van der Waals surface area contributed by atoms with E-state index in [0.29, 0.717) is 11.0 Å². The highest BCUT2D eigenvalue weighted by Crippen LogP contribution is 2.20. The number of sulfonamides is 1. The number of rotatable bonds is 13. The van der Waals surface area contributed by atoms with Crippen LogP contribution in [0.3, 0.4) is 0 Å². The first-order valence-corrected chi connectivity index (χ1v) is 17.1. The number of aromatic amines is 1. The molecule has 2 amide bonds. The van der Waals surface area contributed by atoms with Gasteiger partial charge >= 0.3 is 5.97 Å². The Bertz CT molecular complexity index is 2290. The first-order valence-electron chi connectivity index (χ1n) is 14.0. The van der Waals surface area contributed by atoms with Gasteiger partial charge in [0.05, 0.1) is 27.7 Å². The monoisotopic (exact) mass is 697 g/mol. The maximum atomic E-state index is 13.0. The summed E-state index contributed by atoms with van der Waals surface area (Å²) in [5, 5.41) is 18.0. The number of nitrogens with two attached hydrogens (primary N) is 1. The summed E-state index contributed by atoms with van der Waals surface area (Å²) in [6.07, 6.45) is 1.91. The summed E-state index contributed by atoms with van der Waals surface area (Å²) >= 11 is 0. The lowest BCUT2D eigenvalue weighted by atomic mass is 10.1. The number of nitrogen functional groups attached to an aromatic ring is 1. The third-order valence-electron chi connectivity index (χ3n) is 6.87. The van der Waals surface area contributed by atoms with E-state index >= 15 is 0 Å². The van der Waals surface area contributed by atoms with E-state index in [0.717, 1.165) is 16.2 Å². The summed E-state index contributed by atoms with van der Waals surface area (Å²) < 4.78 is 54.5. The number of carbonyl (C=O) groups is 3. The van der Waals surface area contributed by atoms with Crippen LogP contribution in [0.4, 0.5) is 11.6 Å². The molecule has 0 radical (unpaired) electrons. The van der Waals surface area contributed by atoms with Crippen LogP contribution < -0.4 is 26.6 Å². The summed E-state index contributed by atoms with van der Waals surface area (Å²) in [7, 11) is -8.17. The van der Waals surface area contributed by atoms with Crippen LogP contribution in [0.1, 0.15) is 23.2 Å². The van der Waals surface area contributed by atoms with E-state index in [1.165, 1.54) is 42.7 Å². The van der Waals surface area contributed by atoms with Crippen molar-refractivity contribution < 1.29 is 36.3 Å². The van der Waals surface area contributed by atoms with Gasteiger partial charge in [0.1, 0.15) is 17.1 Å². The molecule has 0 unspecified atom stereocenters. The van der Waals surface area contributed by atoms with E-state index in [1.807, 2.05) is 0 Å². The number of nitrogens with zero attached hydrogens (tertiary/aromatic N) is 4. The molecule has 2 aromatic carbocycles. The zero-order chi connectivity index (χ0) is 34.6. The number of fused-ring (bicyclic) bond motifs is 2. The number of H-pyrrole nitrogens is 1. The van der Waals surface area contributed by atoms with E-state index in [2.05, 4.69) is 35.4 Å². The molecule has 3 heterocycles. The van der Waals surface area contributed by atoms with Crippen LogP contribution in [0.2, 0.25) is 0 Å². The smallest absolute Gasteiger partial charge is 0.303 e. The summed E-state index contributed by atoms with van der Waals surface area (Å²) in [5.74, 6) is -3.54. The number of anilines is 2. The Labute approximate surface area is 271 Å². The Morgan fingerprint density at radius 2 is 1.75 bits per heavy atom. The van der Waals surface area contributed by atoms with E-state index in [-0.39, 0.29) is 46.0 Å². The molecule has 5 rings (SSSR count). The first-order chi connectivity index (χ1) is 22.7. The van der Waals surface area contributed by atoms with Gasteiger partial charge in [-0.05, 0) is 61.0 Å². The van der Waals surface area contributed by atoms with Gasteiger partial charge in [0.25, 0.3) is 31.5 Å². The molecule has 48 heavy (non-hydrogen) atoms. The highest BCUT2D eigenvalue weighted by atomic mass is 32.2. The van der Waals surface area contributed by atoms with Crippen molar-refractivity contribution in [3.63, 3.8) is 0 Å². The number of carbonyl (C=O) groups excluding carboxylic acids is 2. The molecule has 5 aromatic rings. The minimum Gasteiger partial charge on any atom is -0.481 e. The molecule has 0 spiro atoms. The number of aromatic nitrogens is 5. The zero-order valence-corrected chi connectivity index (χ0v) is 26.3. The molecule has 0 aliphatic carbocycles. The molecule has 1 atom stereocenters. The van der Waals surface area contributed by atoms with Crippen LogP contribution in [-0.4, -0.2) is 82.2 Å². The van der Waals surface area contributed by atoms with Crippen molar-refractivity contribution in [3.8, 4) is 0 Å². The van der Waals surface area contributed by atoms with Crippen LogP contribution in [-0.2, 0) is 29.6 Å². The number of hydrogen-bond donors (Lipinski definition) is 6. The predicted octanol–water partition coefficient (Wildman–Crippen LogP) is 0.00830. The second-order valence-corrected chi connectivity index (χ2v) is 13.9. The van der Waals surface area contributed by atoms with Crippen LogP contribution in [0.5, 0.6) is 0 Å². The summed E-state index contributed by atoms with van der Waals surface area (Å²) in [6, 6.07) is 10.6. The van der Waals surface area contributed by atoms with Crippen LogP contribution in [0.15, 0.2) is 76.7 Å². The van der Waals surface area contributed by atoms with Crippen molar-refractivity contribution in [1.82, 2.24) is 34.8 Å². The molecule has 0 fully saturated rings. The quantitative estimate of drug-likeness (QED) is 0.0947. The third-order valence-corrected chi connectivity index (χ3v) is 9.75. The lowest BCUT2D eigenvalue weighted by molar-refractivity contribution is -0.137. The second-order valence-electron chi connectivity index (χ2n) is 10.3. The number of hydrogen-bond acceptors (Lipinski definition) is 12. The number of nitrogens with one attached hydrogen (secondary N) is 4. The van der Waals surface area contributed by atoms with Crippen molar-refractivity contribution in [3.05, 3.63) is 82.9 Å². The lowest BCUT2D eigenvalue weighted by Gasteiger charge is -2.18. The standard InChI is InChI=1S/C28H27N9O9S2/c29-28-33-20-8-5-17(14-19(20)26(41)34-28)36-48(45,46)18-6-3-16(4-7-18)25(40)32-22(9-10-24(38)39)27(42)31-12-13-47(43,44)37-15-23-21(35-37)2-1-11-30-23/h1-8,11,14-15,22,36H,9-10,12-13H2,(H,31,42)(H,32,40)(H,38,39)(H3,29,33,34,41)/t22-/m0/s1. The van der Waals surface area contributed by atoms with Crippen molar-refractivity contribution in [2.45, 2.75) is 23.8 Å². The van der Waals surface area contributed by atoms with Crippen molar-refractivity contribution in [2.24, 2.45) is 0 Å². The number of pyridine rings is 1. The van der Waals surface area contributed by atoms with Crippen LogP contribution in [0.25, 0.3) is 21.9 Å². The Balaban J connectivity index is 1.22. The fourth-order valence-electron chi connectivity index (χ4n) is 4.49. The molecule has 18 nitrogen and oxygen atoms in total. The molecular weight excluding hydrogens is 670 g/mol. The number of benzene rings is 2. The fraction of sp³-hybridized carbons (Fsp3) is 0.179. The number of aliphatic carboxylic acids is 1. The Morgan fingerprint density at radius 1 is 1.00 bits per heavy atom. The Morgan fingerprint density at radius 3 is 2.46 bits per heavy atom. The van der Waals surface area contributed by atoms with Crippen LogP contribution >= 0.6 is 0 Å². The van der Waals surface area contributed by atoms with E-state index in [4.69, 9.17) is 10.8 Å². The summed E-state index contributed by atoms with van der Waals surface area (Å²) in [6.45, 7) is -0.375. The first kappa shape index (κ1) is 33.5. The topological polar surface area (TPSA) is 278 Å². The molecular formula is C28H27N9O9S2. The van der Waals surface area contributed by atoms with Gasteiger partial charge in [-0.2, -0.15) is 9.19 Å². The van der Waals surface area contributed by atoms with Gasteiger partial charge in [0.15, 0.2) is 0 Å². The van der Waals surface area contributed by atoms with Crippen LogP contribution in [0, 0.1) is 0 Å². The normalized spacial score (nSPS) is 12.4. The third kappa shape index (κ3) is 7.73. The Kier molecular flexibility index (Phi) is 9.38. The second kappa shape index (κ2) is 13.5. The minimum atomic E-state index is -4.18. The molecule has 250 valence electrons. The predicted molar refractivity (Wildman–Crippen MR) is 172 cm³/mol. The average Bonchev–Trinajstić information content (AvgIpc) is 3.49. The molecule has 20 heteroatoms. The Hall–Kier alpha value is -5.89. The highest BCUT2D eigenvalue weighted by Gasteiger charge is 2.24. The lowest BCUT2D eigenvalue weighted by Crippen LogP contribution is -2.48. The summed E-state index contributed by atoms with van der Waals surface area (Å²) in [5.41, 5.74) is 5.96. The SMILES string of the molecule is Nc1nc2ccc(NS(=O)(=O)c3ccc(C(=O)N[C@@H](CCC(=O)O)C(=O)NCCS(=O)(=O)n4cc5ncccc5n4)cc3)cc2c(=O)[nH]1. The summed E-state index contributed by atoms with van der Waals surface area (Å²) in [4.78, 5) is 59.3. The molecule has 0 bridgehead atoms. The number of amides is 2. The molecule has 0 aliphatic heterocycles. The molecule has 0 aliphatic rings. The maximum absolute atomic E-state index is 13.0. The van der Waals surface area contributed by atoms with Gasteiger partial charge in [-0.15, -0.1) is 0 Å². The maximum Gasteiger partial charge on any atom is 0.303 e. The van der Waals surface area contributed by atoms with Crippen molar-refractivity contribution in [1.29, 1.82) is 0 Å². The van der Waals surface area contributed by atoms with Crippen molar-refractivity contribution in [2.75, 3.05) is 22.8 Å². The van der Waals surface area contributed by atoms with Crippen molar-refractivity contribution >= 4 is 71.4 Å². The molecule has 0 saturated carbocycles. The van der Waals surface area contributed by atoms with E-state index in [9.17, 15) is 36.0 Å². The molecule has 7 N–H and O–H groups in total. The van der Waals surface area contributed by atoms with Gasteiger partial charge in [-0.3, -0.25) is 33.9 Å². The van der Waals surface area contributed by atoms with Gasteiger partial charge in [-0.25, -0.2) is 21.8 Å². The van der Waals surface area contributed by atoms with Gasteiger partial charge in [-0.1, -0.05) is 0 Å². The minimum absolute atomic E-state index is 0.0510. The molecule has 0 saturated heterocycles. The largest absolute Gasteiger partial charge is 0.481 e. The van der Waals surface area contributed by atoms with E-state index in [1.54, 1.807) is 12.1 Å². The van der Waals surface area contributed by atoms with Gasteiger partial charge in [0.2, 0.25) is 11.9 Å². The highest BCUT2D eigenvalue weighted by molar-refractivity contribution is 7.92. The average molecular weight is 698 g/mol. The zero-order valence-electron chi connectivity index (χ0n) is 24.7. The van der Waals surface area contributed by atoms with Gasteiger partial charge in [0, 0.05) is 30.4 Å². The van der Waals surface area contributed by atoms with Gasteiger partial charge < -0.3 is 21.5 Å². The molecule has 3 aromatic heterocycles.